The second-order valence-electron chi connectivity index (χ2n) is 4.50. The van der Waals surface area contributed by atoms with Crippen LogP contribution in [0.1, 0.15) is 6.92 Å². The zero-order valence-electron chi connectivity index (χ0n) is 12.1. The van der Waals surface area contributed by atoms with E-state index in [-0.39, 0.29) is 12.1 Å². The van der Waals surface area contributed by atoms with Crippen molar-refractivity contribution in [2.45, 2.75) is 19.5 Å². The molecule has 2 heterocycles. The van der Waals surface area contributed by atoms with E-state index in [1.54, 1.807) is 6.07 Å². The molecule has 22 heavy (non-hydrogen) atoms. The number of aromatic nitrogens is 2. The van der Waals surface area contributed by atoms with E-state index in [1.165, 1.54) is 31.4 Å². The summed E-state index contributed by atoms with van der Waals surface area (Å²) in [5.74, 6) is -1.04. The van der Waals surface area contributed by atoms with E-state index in [0.717, 1.165) is 9.56 Å². The molecule has 1 N–H and O–H groups in total. The summed E-state index contributed by atoms with van der Waals surface area (Å²) in [6.45, 7) is 1.24. The van der Waals surface area contributed by atoms with Crippen LogP contribution >= 0.6 is 11.3 Å². The van der Waals surface area contributed by atoms with Crippen molar-refractivity contribution in [1.29, 1.82) is 0 Å². The number of carbonyl (C=O) groups is 2. The van der Waals surface area contributed by atoms with Gasteiger partial charge >= 0.3 is 5.97 Å². The summed E-state index contributed by atoms with van der Waals surface area (Å²) in [6, 6.07) is 5.94. The molecular formula is C14H15N3O4S. The molecule has 0 fully saturated rings. The summed E-state index contributed by atoms with van der Waals surface area (Å²) >= 11 is 1.49. The number of rotatable bonds is 5. The summed E-state index contributed by atoms with van der Waals surface area (Å²) in [6.07, 6.45) is 0. The summed E-state index contributed by atoms with van der Waals surface area (Å²) in [5, 5.41) is 8.51. The average Bonchev–Trinajstić information content (AvgIpc) is 3.02. The summed E-state index contributed by atoms with van der Waals surface area (Å²) in [5.41, 5.74) is 0.226. The van der Waals surface area contributed by atoms with Gasteiger partial charge in [-0.05, 0) is 24.4 Å². The summed E-state index contributed by atoms with van der Waals surface area (Å²) < 4.78 is 5.58. The molecule has 2 aromatic rings. The predicted molar refractivity (Wildman–Crippen MR) is 81.4 cm³/mol. The van der Waals surface area contributed by atoms with Gasteiger partial charge in [-0.2, -0.15) is 5.10 Å². The fraction of sp³-hybridized carbons (Fsp3) is 0.286. The third-order valence-corrected chi connectivity index (χ3v) is 3.76. The number of amides is 1. The highest BCUT2D eigenvalue weighted by Crippen LogP contribution is 2.20. The van der Waals surface area contributed by atoms with Crippen molar-refractivity contribution in [1.82, 2.24) is 15.1 Å². The van der Waals surface area contributed by atoms with Crippen molar-refractivity contribution in [3.63, 3.8) is 0 Å². The Hall–Kier alpha value is -2.48. The monoisotopic (exact) mass is 321 g/mol. The van der Waals surface area contributed by atoms with Crippen molar-refractivity contribution in [2.75, 3.05) is 7.11 Å². The van der Waals surface area contributed by atoms with Gasteiger partial charge in [-0.3, -0.25) is 9.59 Å². The van der Waals surface area contributed by atoms with Crippen LogP contribution in [-0.4, -0.2) is 34.8 Å². The van der Waals surface area contributed by atoms with Crippen LogP contribution in [0.2, 0.25) is 0 Å². The molecule has 0 aliphatic rings. The third-order valence-electron chi connectivity index (χ3n) is 2.87. The number of carbonyl (C=O) groups excluding carboxylic acids is 2. The maximum atomic E-state index is 11.9. The Balaban J connectivity index is 2.12. The number of methoxy groups -OCH3 is 1. The standard InChI is InChI=1S/C14H15N3O4S/c1-9(14(20)21-2)15-12(18)8-17-13(19)6-5-10(16-17)11-4-3-7-22-11/h3-7,9H,8H2,1-2H3,(H,15,18). The highest BCUT2D eigenvalue weighted by molar-refractivity contribution is 7.13. The summed E-state index contributed by atoms with van der Waals surface area (Å²) in [4.78, 5) is 35.8. The number of nitrogens with one attached hydrogen (secondary N) is 1. The van der Waals surface area contributed by atoms with Crippen molar-refractivity contribution in [3.8, 4) is 10.6 Å². The minimum absolute atomic E-state index is 0.265. The maximum absolute atomic E-state index is 11.9. The summed E-state index contributed by atoms with van der Waals surface area (Å²) in [7, 11) is 1.24. The Labute approximate surface area is 130 Å². The molecule has 8 heteroatoms. The quantitative estimate of drug-likeness (QED) is 0.817. The molecule has 1 unspecified atom stereocenters. The topological polar surface area (TPSA) is 90.3 Å². The normalized spacial score (nSPS) is 11.7. The van der Waals surface area contributed by atoms with Gasteiger partial charge in [0.1, 0.15) is 18.3 Å². The molecule has 2 rings (SSSR count). The average molecular weight is 321 g/mol. The van der Waals surface area contributed by atoms with Gasteiger partial charge in [0.2, 0.25) is 5.91 Å². The fourth-order valence-electron chi connectivity index (χ4n) is 1.78. The first kappa shape index (κ1) is 15.9. The first-order chi connectivity index (χ1) is 10.5. The molecule has 0 saturated carbocycles. The molecule has 2 aromatic heterocycles. The van der Waals surface area contributed by atoms with Crippen LogP contribution in [0.5, 0.6) is 0 Å². The van der Waals surface area contributed by atoms with Crippen molar-refractivity contribution in [3.05, 3.63) is 40.0 Å². The Bertz CT molecular complexity index is 724. The fourth-order valence-corrected chi connectivity index (χ4v) is 2.47. The molecule has 0 aliphatic heterocycles. The zero-order valence-corrected chi connectivity index (χ0v) is 12.9. The van der Waals surface area contributed by atoms with Gasteiger partial charge < -0.3 is 10.1 Å². The van der Waals surface area contributed by atoms with Crippen LogP contribution in [0, 0.1) is 0 Å². The Kier molecular flexibility index (Phi) is 5.05. The molecule has 1 amide bonds. The van der Waals surface area contributed by atoms with Crippen molar-refractivity contribution >= 4 is 23.2 Å². The lowest BCUT2D eigenvalue weighted by Gasteiger charge is -2.12. The maximum Gasteiger partial charge on any atom is 0.328 e. The van der Waals surface area contributed by atoms with Crippen LogP contribution in [0.25, 0.3) is 10.6 Å². The third kappa shape index (κ3) is 3.79. The number of esters is 1. The molecular weight excluding hydrogens is 306 g/mol. The zero-order chi connectivity index (χ0) is 16.1. The molecule has 0 bridgehead atoms. The lowest BCUT2D eigenvalue weighted by atomic mass is 10.3. The Morgan fingerprint density at radius 2 is 2.18 bits per heavy atom. The van der Waals surface area contributed by atoms with Crippen LogP contribution in [0.3, 0.4) is 0 Å². The Morgan fingerprint density at radius 1 is 1.41 bits per heavy atom. The van der Waals surface area contributed by atoms with E-state index in [1.807, 2.05) is 17.5 Å². The predicted octanol–water partition coefficient (Wildman–Crippen LogP) is 0.649. The molecule has 0 aliphatic carbocycles. The van der Waals surface area contributed by atoms with Crippen molar-refractivity contribution in [2.24, 2.45) is 0 Å². The second kappa shape index (κ2) is 6.99. The minimum Gasteiger partial charge on any atom is -0.467 e. The molecule has 0 saturated heterocycles. The van der Waals surface area contributed by atoms with Gasteiger partial charge in [-0.1, -0.05) is 6.07 Å². The first-order valence-electron chi connectivity index (χ1n) is 6.50. The van der Waals surface area contributed by atoms with E-state index in [9.17, 15) is 14.4 Å². The number of nitrogens with zero attached hydrogens (tertiary/aromatic N) is 2. The van der Waals surface area contributed by atoms with Gasteiger partial charge in [-0.15, -0.1) is 11.3 Å². The SMILES string of the molecule is COC(=O)C(C)NC(=O)Cn1nc(-c2cccs2)ccc1=O. The molecule has 116 valence electrons. The smallest absolute Gasteiger partial charge is 0.328 e. The minimum atomic E-state index is -0.784. The first-order valence-corrected chi connectivity index (χ1v) is 7.38. The van der Waals surface area contributed by atoms with Crippen LogP contribution in [0.15, 0.2) is 34.4 Å². The molecule has 0 radical (unpaired) electrons. The number of hydrogen-bond donors (Lipinski definition) is 1. The van der Waals surface area contributed by atoms with E-state index >= 15 is 0 Å². The molecule has 7 nitrogen and oxygen atoms in total. The molecule has 0 aromatic carbocycles. The van der Waals surface area contributed by atoms with E-state index in [0.29, 0.717) is 5.69 Å². The van der Waals surface area contributed by atoms with Crippen molar-refractivity contribution < 1.29 is 14.3 Å². The van der Waals surface area contributed by atoms with Crippen LogP contribution in [0.4, 0.5) is 0 Å². The van der Waals surface area contributed by atoms with Crippen LogP contribution < -0.4 is 10.9 Å². The largest absolute Gasteiger partial charge is 0.467 e. The number of thiophene rings is 1. The number of ether oxygens (including phenoxy) is 1. The van der Waals surface area contributed by atoms with Crippen LogP contribution in [-0.2, 0) is 20.9 Å². The van der Waals surface area contributed by atoms with Gasteiger partial charge in [0.05, 0.1) is 12.0 Å². The highest BCUT2D eigenvalue weighted by atomic mass is 32.1. The molecule has 1 atom stereocenters. The number of hydrogen-bond acceptors (Lipinski definition) is 6. The van der Waals surface area contributed by atoms with Gasteiger partial charge in [0.15, 0.2) is 0 Å². The highest BCUT2D eigenvalue weighted by Gasteiger charge is 2.16. The second-order valence-corrected chi connectivity index (χ2v) is 5.45. The van der Waals surface area contributed by atoms with Gasteiger partial charge in [0, 0.05) is 6.07 Å². The van der Waals surface area contributed by atoms with Gasteiger partial charge in [-0.25, -0.2) is 9.48 Å². The molecule has 0 spiro atoms. The lowest BCUT2D eigenvalue weighted by molar-refractivity contribution is -0.144. The lowest BCUT2D eigenvalue weighted by Crippen LogP contribution is -2.42. The van der Waals surface area contributed by atoms with E-state index in [2.05, 4.69) is 15.2 Å². The van der Waals surface area contributed by atoms with E-state index in [4.69, 9.17) is 0 Å². The van der Waals surface area contributed by atoms with Gasteiger partial charge in [0.25, 0.3) is 5.56 Å². The van der Waals surface area contributed by atoms with E-state index < -0.39 is 17.9 Å². The Morgan fingerprint density at radius 3 is 2.82 bits per heavy atom.